The normalized spacial score (nSPS) is 17.5. The zero-order valence-electron chi connectivity index (χ0n) is 54.3. The maximum atomic E-state index is 14.5. The number of carbonyl (C=O) groups is 14. The lowest BCUT2D eigenvalue weighted by atomic mass is 10.00. The second-order valence-corrected chi connectivity index (χ2v) is 24.7. The van der Waals surface area contributed by atoms with Gasteiger partial charge in [-0.05, 0) is 74.5 Å². The van der Waals surface area contributed by atoms with E-state index in [9.17, 15) is 72.2 Å². The molecule has 2 aliphatic heterocycles. The number of rotatable bonds is 35. The van der Waals surface area contributed by atoms with E-state index in [-0.39, 0.29) is 57.5 Å². The molecule has 30 heteroatoms. The number of carbonyl (C=O) groups excluding carboxylic acids is 14. The molecule has 14 amide bonds. The van der Waals surface area contributed by atoms with E-state index in [1.54, 1.807) is 119 Å². The van der Waals surface area contributed by atoms with Crippen LogP contribution in [-0.4, -0.2) is 190 Å². The molecule has 5 rings (SSSR count). The molecule has 3 aromatic rings. The van der Waals surface area contributed by atoms with Crippen molar-refractivity contribution < 1.29 is 72.2 Å². The van der Waals surface area contributed by atoms with Crippen molar-refractivity contribution in [3.63, 3.8) is 0 Å². The minimum Gasteiger partial charge on any atom is -0.391 e. The lowest BCUT2D eigenvalue weighted by molar-refractivity contribution is -0.143. The molecular weight excluding hydrogens is 1230 g/mol. The summed E-state index contributed by atoms with van der Waals surface area (Å²) in [4.78, 5) is 192. The molecule has 2 fully saturated rings. The third kappa shape index (κ3) is 23.6. The van der Waals surface area contributed by atoms with Crippen molar-refractivity contribution in [1.82, 2.24) is 57.7 Å². The Morgan fingerprint density at radius 2 is 0.916 bits per heavy atom. The summed E-state index contributed by atoms with van der Waals surface area (Å²) in [7, 11) is 0. The molecule has 3 unspecified atom stereocenters. The van der Waals surface area contributed by atoms with Crippen LogP contribution in [0.1, 0.15) is 103 Å². The summed E-state index contributed by atoms with van der Waals surface area (Å²) in [5, 5.41) is 33.8. The zero-order valence-corrected chi connectivity index (χ0v) is 54.3. The quantitative estimate of drug-likeness (QED) is 0.0270. The van der Waals surface area contributed by atoms with Gasteiger partial charge in [-0.25, -0.2) is 0 Å². The highest BCUT2D eigenvalue weighted by Crippen LogP contribution is 2.23. The zero-order chi connectivity index (χ0) is 70.2. The van der Waals surface area contributed by atoms with Crippen molar-refractivity contribution in [1.29, 1.82) is 0 Å². The molecule has 2 heterocycles. The number of hydrogen-bond acceptors (Lipinski definition) is 16. The van der Waals surface area contributed by atoms with E-state index >= 15 is 0 Å². The second kappa shape index (κ2) is 36.6. The van der Waals surface area contributed by atoms with Crippen LogP contribution in [-0.2, 0) is 86.4 Å². The minimum absolute atomic E-state index is 0.0247. The van der Waals surface area contributed by atoms with Crippen LogP contribution < -0.4 is 70.8 Å². The molecule has 0 spiro atoms. The molecule has 2 aliphatic rings. The summed E-state index contributed by atoms with van der Waals surface area (Å²) >= 11 is 0. The van der Waals surface area contributed by atoms with Crippen LogP contribution in [0.4, 0.5) is 0 Å². The van der Waals surface area contributed by atoms with E-state index in [0.29, 0.717) is 24.0 Å². The molecule has 30 nitrogen and oxygen atoms in total. The van der Waals surface area contributed by atoms with E-state index in [2.05, 4.69) is 47.9 Å². The number of amides is 14. The van der Waals surface area contributed by atoms with Gasteiger partial charge in [0.2, 0.25) is 82.7 Å². The van der Waals surface area contributed by atoms with Gasteiger partial charge in [-0.3, -0.25) is 67.1 Å². The van der Waals surface area contributed by atoms with Gasteiger partial charge in [0.25, 0.3) is 0 Å². The predicted molar refractivity (Wildman–Crippen MR) is 345 cm³/mol. The summed E-state index contributed by atoms with van der Waals surface area (Å²) in [6.07, 6.45) is -1.95. The molecule has 0 bridgehead atoms. The number of aliphatic hydroxyl groups excluding tert-OH is 1. The number of aliphatic hydroxyl groups is 1. The van der Waals surface area contributed by atoms with Gasteiger partial charge >= 0.3 is 0 Å². The summed E-state index contributed by atoms with van der Waals surface area (Å²) in [5.74, 6) is -12.8. The van der Waals surface area contributed by atoms with Crippen molar-refractivity contribution in [3.8, 4) is 0 Å². The van der Waals surface area contributed by atoms with Crippen LogP contribution in [0.3, 0.4) is 0 Å². The highest BCUT2D eigenvalue weighted by atomic mass is 16.3. The van der Waals surface area contributed by atoms with Gasteiger partial charge in [-0.1, -0.05) is 119 Å². The fourth-order valence-corrected chi connectivity index (χ4v) is 11.0. The first-order chi connectivity index (χ1) is 44.9. The fourth-order valence-electron chi connectivity index (χ4n) is 11.0. The number of nitrogens with two attached hydrogens (primary N) is 4. The van der Waals surface area contributed by atoms with Crippen LogP contribution in [0, 0.1) is 11.8 Å². The third-order valence-corrected chi connectivity index (χ3v) is 16.1. The molecular formula is C65H91N15O15. The Morgan fingerprint density at radius 3 is 1.41 bits per heavy atom. The fraction of sp³-hybridized carbons (Fsp3) is 0.508. The van der Waals surface area contributed by atoms with E-state index < -0.39 is 181 Å². The molecule has 2 saturated heterocycles. The van der Waals surface area contributed by atoms with Gasteiger partial charge in [0.05, 0.1) is 31.5 Å². The summed E-state index contributed by atoms with van der Waals surface area (Å²) in [6, 6.07) is 11.3. The van der Waals surface area contributed by atoms with Crippen LogP contribution >= 0.6 is 0 Å². The van der Waals surface area contributed by atoms with Crippen LogP contribution in [0.25, 0.3) is 0 Å². The van der Waals surface area contributed by atoms with Crippen molar-refractivity contribution >= 4 is 82.7 Å². The van der Waals surface area contributed by atoms with E-state index in [4.69, 9.17) is 22.9 Å². The average molecular weight is 1320 g/mol. The molecule has 0 aromatic heterocycles. The van der Waals surface area contributed by atoms with Crippen molar-refractivity contribution in [2.45, 2.75) is 178 Å². The topological polar surface area (TPSA) is 478 Å². The number of hydrogen-bond donors (Lipinski definition) is 14. The van der Waals surface area contributed by atoms with Crippen LogP contribution in [0.5, 0.6) is 0 Å². The molecule has 18 N–H and O–H groups in total. The number of nitrogens with zero attached hydrogens (tertiary/aromatic N) is 2. The van der Waals surface area contributed by atoms with E-state index in [0.717, 1.165) is 12.5 Å². The maximum absolute atomic E-state index is 14.5. The Balaban J connectivity index is 1.21. The molecule has 12 atom stereocenters. The Bertz CT molecular complexity index is 3210. The second-order valence-electron chi connectivity index (χ2n) is 24.7. The van der Waals surface area contributed by atoms with Crippen molar-refractivity contribution in [2.75, 3.05) is 19.6 Å². The molecule has 3 aromatic carbocycles. The van der Waals surface area contributed by atoms with Crippen LogP contribution in [0.15, 0.2) is 91.0 Å². The standard InChI is InChI=1S/C65H91N15O15/c1-35(2)28-47(76-59(89)45(31-41-22-14-9-15-23-41)73-57(87)42(66)32-50(67)82)65(95)80-27-17-25-49(80)62(92)78-54(38(6)81)64(94)75-46(33-51(68)83)60(90)77-53(36(3)4)63(93)70-34-52(84)79-26-16-24-48(79)61(91)74-44(30-40-20-12-8-13-21-40)58(88)71-37(5)56(86)72-43(55(69)85)29-39-18-10-7-11-19-39/h7-15,18-23,35-38,42-49,53-54,81H,16-17,24-34,66H2,1-6H3,(H2,67,82)(H2,68,83)(H2,69,85)(H,70,93)(H,71,88)(H,72,86)(H,73,87)(H,74,91)(H,75,94)(H,76,89)(H,77,90)(H,78,92)/t37-,38?,42-,43-,44-,45-,46-,47-,48?,49?,53-,54-/m0/s1. The first-order valence-corrected chi connectivity index (χ1v) is 31.7. The van der Waals surface area contributed by atoms with Gasteiger partial charge in [-0.2, -0.15) is 0 Å². The monoisotopic (exact) mass is 1320 g/mol. The van der Waals surface area contributed by atoms with E-state index in [1.165, 1.54) is 16.7 Å². The molecule has 0 saturated carbocycles. The Hall–Kier alpha value is -9.84. The molecule has 516 valence electrons. The molecule has 95 heavy (non-hydrogen) atoms. The van der Waals surface area contributed by atoms with Gasteiger partial charge in [0.1, 0.15) is 60.4 Å². The van der Waals surface area contributed by atoms with Gasteiger partial charge in [-0.15, -0.1) is 0 Å². The SMILES string of the molecule is CC(C)C[C@H](NC(=O)[C@H](Cc1ccccc1)NC(=O)[C@@H](N)CC(N)=O)C(=O)N1CCCC1C(=O)N[C@H](C(=O)N[C@@H](CC(N)=O)C(=O)N[C@H](C(=O)NCC(=O)N1CCCC1C(=O)N[C@@H](Cc1ccccc1)C(=O)N[C@@H](C)C(=O)N[C@@H](Cc1ccccc1)C(N)=O)C(C)C)C(C)O. The third-order valence-electron chi connectivity index (χ3n) is 16.1. The average Bonchev–Trinajstić information content (AvgIpc) is 1.77. The summed E-state index contributed by atoms with van der Waals surface area (Å²) in [5.41, 5.74) is 24.3. The van der Waals surface area contributed by atoms with Crippen molar-refractivity contribution in [3.05, 3.63) is 108 Å². The van der Waals surface area contributed by atoms with Gasteiger partial charge < -0.3 is 85.7 Å². The Morgan fingerprint density at radius 1 is 0.474 bits per heavy atom. The Labute approximate surface area is 551 Å². The number of likely N-dealkylation sites (tertiary alicyclic amines) is 2. The molecule has 0 aliphatic carbocycles. The number of primary amides is 3. The number of benzene rings is 3. The first kappa shape index (κ1) is 75.9. The lowest BCUT2D eigenvalue weighted by Gasteiger charge is -2.32. The summed E-state index contributed by atoms with van der Waals surface area (Å²) in [6.45, 7) is 8.72. The summed E-state index contributed by atoms with van der Waals surface area (Å²) < 4.78 is 0. The van der Waals surface area contributed by atoms with Gasteiger partial charge in [0.15, 0.2) is 0 Å². The van der Waals surface area contributed by atoms with Crippen LogP contribution in [0.2, 0.25) is 0 Å². The Kier molecular flexibility index (Phi) is 29.2. The maximum Gasteiger partial charge on any atom is 0.245 e. The van der Waals surface area contributed by atoms with E-state index in [1.807, 2.05) is 0 Å². The first-order valence-electron chi connectivity index (χ1n) is 31.7. The largest absolute Gasteiger partial charge is 0.391 e. The minimum atomic E-state index is -1.81. The van der Waals surface area contributed by atoms with Gasteiger partial charge in [0, 0.05) is 32.4 Å². The van der Waals surface area contributed by atoms with Crippen molar-refractivity contribution in [2.24, 2.45) is 34.8 Å². The lowest BCUT2D eigenvalue weighted by Crippen LogP contribution is -2.62. The highest BCUT2D eigenvalue weighted by molar-refractivity contribution is 6.00. The molecule has 0 radical (unpaired) electrons. The smallest absolute Gasteiger partial charge is 0.245 e. The highest BCUT2D eigenvalue weighted by Gasteiger charge is 2.42. The number of nitrogens with one attached hydrogen (secondary N) is 9. The predicted octanol–water partition coefficient (Wildman–Crippen LogP) is -3.64.